The van der Waals surface area contributed by atoms with E-state index in [1.165, 1.54) is 12.8 Å². The number of benzene rings is 1. The second-order valence-corrected chi connectivity index (χ2v) is 5.81. The van der Waals surface area contributed by atoms with Gasteiger partial charge < -0.3 is 10.4 Å². The predicted octanol–water partition coefficient (Wildman–Crippen LogP) is 3.92. The van der Waals surface area contributed by atoms with Gasteiger partial charge >= 0.3 is 5.97 Å². The minimum Gasteiger partial charge on any atom is -0.478 e. The average Bonchev–Trinajstić information content (AvgIpc) is 3.29. The van der Waals surface area contributed by atoms with Crippen LogP contribution in [0.5, 0.6) is 0 Å². The first kappa shape index (κ1) is 13.9. The highest BCUT2D eigenvalue weighted by atomic mass is 16.4. The van der Waals surface area contributed by atoms with Crippen LogP contribution in [0.3, 0.4) is 0 Å². The van der Waals surface area contributed by atoms with Gasteiger partial charge in [-0.05, 0) is 30.9 Å². The molecule has 2 N–H and O–H groups in total. The number of aromatic nitrogens is 1. The summed E-state index contributed by atoms with van der Waals surface area (Å²) in [6.07, 6.45) is 4.81. The van der Waals surface area contributed by atoms with E-state index in [9.17, 15) is 9.90 Å². The molecule has 1 saturated carbocycles. The van der Waals surface area contributed by atoms with Gasteiger partial charge in [0.25, 0.3) is 0 Å². The minimum atomic E-state index is -0.910. The van der Waals surface area contributed by atoms with Gasteiger partial charge in [-0.15, -0.1) is 0 Å². The summed E-state index contributed by atoms with van der Waals surface area (Å²) in [5.74, 6) is 0.590. The topological polar surface area (TPSA) is 62.2 Å². The van der Waals surface area contributed by atoms with E-state index in [0.717, 1.165) is 24.3 Å². The number of carboxylic acids is 1. The normalized spacial score (nSPS) is 15.9. The molecule has 0 spiro atoms. The summed E-state index contributed by atoms with van der Waals surface area (Å²) < 4.78 is 0. The summed E-state index contributed by atoms with van der Waals surface area (Å²) in [7, 11) is 0. The Morgan fingerprint density at radius 1 is 1.43 bits per heavy atom. The molecule has 1 aliphatic carbocycles. The fourth-order valence-electron chi connectivity index (χ4n) is 2.72. The quantitative estimate of drug-likeness (QED) is 0.844. The smallest absolute Gasteiger partial charge is 0.336 e. The molecule has 1 fully saturated rings. The van der Waals surface area contributed by atoms with Gasteiger partial charge in [0.2, 0.25) is 0 Å². The van der Waals surface area contributed by atoms with E-state index in [2.05, 4.69) is 17.2 Å². The summed E-state index contributed by atoms with van der Waals surface area (Å²) in [5, 5.41) is 13.5. The van der Waals surface area contributed by atoms with Gasteiger partial charge in [0.05, 0.1) is 11.1 Å². The molecule has 0 amide bonds. The summed E-state index contributed by atoms with van der Waals surface area (Å²) >= 11 is 0. The number of para-hydroxylation sites is 1. The van der Waals surface area contributed by atoms with E-state index < -0.39 is 5.97 Å². The van der Waals surface area contributed by atoms with Crippen molar-refractivity contribution in [3.05, 3.63) is 35.9 Å². The monoisotopic (exact) mass is 284 g/mol. The number of carboxylic acid groups (broad SMARTS) is 1. The first-order valence-corrected chi connectivity index (χ1v) is 7.57. The largest absolute Gasteiger partial charge is 0.478 e. The molecule has 4 heteroatoms. The first-order valence-electron chi connectivity index (χ1n) is 7.57. The van der Waals surface area contributed by atoms with Crippen LogP contribution in [0.4, 0.5) is 5.82 Å². The lowest BCUT2D eigenvalue weighted by Gasteiger charge is -2.18. The third-order valence-electron chi connectivity index (χ3n) is 4.11. The molecular weight excluding hydrogens is 264 g/mol. The molecule has 2 aromatic rings. The van der Waals surface area contributed by atoms with Crippen LogP contribution in [0.2, 0.25) is 0 Å². The van der Waals surface area contributed by atoms with Crippen molar-refractivity contribution in [3.8, 4) is 0 Å². The molecule has 0 radical (unpaired) electrons. The Balaban J connectivity index is 1.92. The Hall–Kier alpha value is -2.10. The first-order chi connectivity index (χ1) is 10.2. The maximum absolute atomic E-state index is 11.5. The maximum atomic E-state index is 11.5. The van der Waals surface area contributed by atoms with Crippen molar-refractivity contribution in [1.29, 1.82) is 0 Å². The lowest BCUT2D eigenvalue weighted by Crippen LogP contribution is -2.20. The number of rotatable bonds is 6. The van der Waals surface area contributed by atoms with Crippen molar-refractivity contribution in [1.82, 2.24) is 4.98 Å². The molecule has 3 rings (SSSR count). The number of nitrogens with zero attached hydrogens (tertiary/aromatic N) is 1. The van der Waals surface area contributed by atoms with E-state index in [1.54, 1.807) is 12.1 Å². The Kier molecular flexibility index (Phi) is 3.78. The SMILES string of the molecule is CCC(CC1CC1)Nc1cc(C(=O)O)c2ccccc2n1. The highest BCUT2D eigenvalue weighted by Crippen LogP contribution is 2.35. The number of hydrogen-bond acceptors (Lipinski definition) is 3. The van der Waals surface area contributed by atoms with Gasteiger partial charge in [-0.2, -0.15) is 0 Å². The molecule has 0 bridgehead atoms. The van der Waals surface area contributed by atoms with Gasteiger partial charge in [0.1, 0.15) is 5.82 Å². The zero-order valence-corrected chi connectivity index (χ0v) is 12.2. The van der Waals surface area contributed by atoms with Crippen LogP contribution in [-0.2, 0) is 0 Å². The van der Waals surface area contributed by atoms with Gasteiger partial charge in [-0.25, -0.2) is 9.78 Å². The molecule has 1 aromatic carbocycles. The van der Waals surface area contributed by atoms with Gasteiger partial charge in [-0.3, -0.25) is 0 Å². The number of carbonyl (C=O) groups is 1. The van der Waals surface area contributed by atoms with Crippen molar-refractivity contribution < 1.29 is 9.90 Å². The number of nitrogens with one attached hydrogen (secondary N) is 1. The fourth-order valence-corrected chi connectivity index (χ4v) is 2.72. The number of fused-ring (bicyclic) bond motifs is 1. The van der Waals surface area contributed by atoms with E-state index >= 15 is 0 Å². The van der Waals surface area contributed by atoms with Crippen molar-refractivity contribution >= 4 is 22.7 Å². The van der Waals surface area contributed by atoms with Crippen LogP contribution in [0.15, 0.2) is 30.3 Å². The molecule has 1 aliphatic rings. The molecular formula is C17H20N2O2. The van der Waals surface area contributed by atoms with Crippen molar-refractivity contribution in [2.45, 2.75) is 38.6 Å². The minimum absolute atomic E-state index is 0.310. The number of aromatic carboxylic acids is 1. The van der Waals surface area contributed by atoms with Crippen molar-refractivity contribution in [3.63, 3.8) is 0 Å². The number of anilines is 1. The zero-order valence-electron chi connectivity index (χ0n) is 12.2. The molecule has 0 aliphatic heterocycles. The molecule has 1 aromatic heterocycles. The van der Waals surface area contributed by atoms with Crippen LogP contribution >= 0.6 is 0 Å². The van der Waals surface area contributed by atoms with Gasteiger partial charge in [-0.1, -0.05) is 38.0 Å². The van der Waals surface area contributed by atoms with Crippen LogP contribution in [0.1, 0.15) is 43.0 Å². The van der Waals surface area contributed by atoms with Gasteiger partial charge in [0, 0.05) is 11.4 Å². The van der Waals surface area contributed by atoms with Crippen LogP contribution in [-0.4, -0.2) is 22.1 Å². The summed E-state index contributed by atoms with van der Waals surface area (Å²) in [5.41, 5.74) is 1.03. The Morgan fingerprint density at radius 3 is 2.86 bits per heavy atom. The molecule has 4 nitrogen and oxygen atoms in total. The van der Waals surface area contributed by atoms with Crippen LogP contribution in [0.25, 0.3) is 10.9 Å². The third kappa shape index (κ3) is 3.15. The highest BCUT2D eigenvalue weighted by molar-refractivity contribution is 6.03. The van der Waals surface area contributed by atoms with E-state index in [1.807, 2.05) is 18.2 Å². The summed E-state index contributed by atoms with van der Waals surface area (Å²) in [6, 6.07) is 9.40. The standard InChI is InChI=1S/C17H20N2O2/c1-2-12(9-11-7-8-11)18-16-10-14(17(20)21)13-5-3-4-6-15(13)19-16/h3-6,10-12H,2,7-9H2,1H3,(H,18,19)(H,20,21). The molecule has 21 heavy (non-hydrogen) atoms. The predicted molar refractivity (Wildman–Crippen MR) is 83.7 cm³/mol. The molecule has 110 valence electrons. The van der Waals surface area contributed by atoms with Crippen molar-refractivity contribution in [2.24, 2.45) is 5.92 Å². The summed E-state index contributed by atoms with van der Waals surface area (Å²) in [6.45, 7) is 2.15. The van der Waals surface area contributed by atoms with Gasteiger partial charge in [0.15, 0.2) is 0 Å². The Morgan fingerprint density at radius 2 is 2.19 bits per heavy atom. The van der Waals surface area contributed by atoms with E-state index in [0.29, 0.717) is 22.8 Å². The second-order valence-electron chi connectivity index (χ2n) is 5.81. The molecule has 0 saturated heterocycles. The molecule has 1 heterocycles. The fraction of sp³-hybridized carbons (Fsp3) is 0.412. The Bertz CT molecular complexity index is 665. The maximum Gasteiger partial charge on any atom is 0.336 e. The Labute approximate surface area is 124 Å². The van der Waals surface area contributed by atoms with Crippen LogP contribution in [0, 0.1) is 5.92 Å². The lowest BCUT2D eigenvalue weighted by molar-refractivity contribution is 0.0699. The lowest BCUT2D eigenvalue weighted by atomic mass is 10.1. The number of pyridine rings is 1. The third-order valence-corrected chi connectivity index (χ3v) is 4.11. The van der Waals surface area contributed by atoms with Crippen LogP contribution < -0.4 is 5.32 Å². The van der Waals surface area contributed by atoms with Crippen molar-refractivity contribution in [2.75, 3.05) is 5.32 Å². The summed E-state index contributed by atoms with van der Waals surface area (Å²) in [4.78, 5) is 16.0. The molecule has 1 atom stereocenters. The molecule has 1 unspecified atom stereocenters. The second kappa shape index (κ2) is 5.72. The zero-order chi connectivity index (χ0) is 14.8. The highest BCUT2D eigenvalue weighted by Gasteiger charge is 2.25. The van der Waals surface area contributed by atoms with E-state index in [-0.39, 0.29) is 0 Å². The average molecular weight is 284 g/mol. The number of hydrogen-bond donors (Lipinski definition) is 2. The van der Waals surface area contributed by atoms with E-state index in [4.69, 9.17) is 0 Å².